The molecule has 1 aromatic carbocycles. The number of carbonyl (C=O) groups is 2. The van der Waals surface area contributed by atoms with E-state index in [9.17, 15) is 9.59 Å². The first kappa shape index (κ1) is 20.3. The molecular formula is C22H31N3O4. The van der Waals surface area contributed by atoms with Crippen LogP contribution in [0.2, 0.25) is 0 Å². The van der Waals surface area contributed by atoms with Gasteiger partial charge in [-0.15, -0.1) is 0 Å². The van der Waals surface area contributed by atoms with Crippen LogP contribution in [-0.2, 0) is 24.8 Å². The molecule has 2 amide bonds. The van der Waals surface area contributed by atoms with Gasteiger partial charge in [0.05, 0.1) is 31.5 Å². The summed E-state index contributed by atoms with van der Waals surface area (Å²) in [5.41, 5.74) is 1.63. The van der Waals surface area contributed by atoms with E-state index < -0.39 is 5.79 Å². The summed E-state index contributed by atoms with van der Waals surface area (Å²) in [4.78, 5) is 32.1. The smallest absolute Gasteiger partial charge is 0.293 e. The zero-order valence-electron chi connectivity index (χ0n) is 17.4. The van der Waals surface area contributed by atoms with E-state index in [4.69, 9.17) is 9.47 Å². The maximum absolute atomic E-state index is 13.4. The fourth-order valence-corrected chi connectivity index (χ4v) is 4.72. The number of amides is 2. The monoisotopic (exact) mass is 401 g/mol. The van der Waals surface area contributed by atoms with E-state index in [0.29, 0.717) is 26.4 Å². The highest BCUT2D eigenvalue weighted by Gasteiger charge is 2.55. The van der Waals surface area contributed by atoms with Crippen LogP contribution in [0.1, 0.15) is 38.7 Å². The summed E-state index contributed by atoms with van der Waals surface area (Å²) in [5.74, 6) is -1.24. The van der Waals surface area contributed by atoms with E-state index in [2.05, 4.69) is 4.90 Å². The van der Waals surface area contributed by atoms with Gasteiger partial charge in [0.2, 0.25) is 5.91 Å². The van der Waals surface area contributed by atoms with Crippen molar-refractivity contribution in [1.82, 2.24) is 9.80 Å². The Balaban J connectivity index is 1.52. The molecule has 3 aliphatic heterocycles. The lowest BCUT2D eigenvalue weighted by atomic mass is 9.96. The lowest BCUT2D eigenvalue weighted by molar-refractivity contribution is -0.257. The van der Waals surface area contributed by atoms with Crippen LogP contribution in [0.25, 0.3) is 0 Å². The molecule has 1 spiro atoms. The van der Waals surface area contributed by atoms with Gasteiger partial charge in [0, 0.05) is 25.2 Å². The third kappa shape index (κ3) is 3.56. The Morgan fingerprint density at radius 1 is 1.17 bits per heavy atom. The molecule has 0 bridgehead atoms. The van der Waals surface area contributed by atoms with Crippen molar-refractivity contribution in [3.8, 4) is 0 Å². The number of hydrogen-bond acceptors (Lipinski definition) is 5. The van der Waals surface area contributed by atoms with E-state index in [-0.39, 0.29) is 17.7 Å². The Hall–Kier alpha value is -1.96. The SMILES string of the molecule is CCN(CC)C(=O)C1CCCN(CN2C(=O)C3(OCCCO3)c3ccccc32)C1. The van der Waals surface area contributed by atoms with E-state index in [0.717, 1.165) is 50.1 Å². The molecule has 3 aliphatic rings. The summed E-state index contributed by atoms with van der Waals surface area (Å²) in [6.07, 6.45) is 2.66. The maximum Gasteiger partial charge on any atom is 0.293 e. The molecule has 3 heterocycles. The first-order valence-corrected chi connectivity index (χ1v) is 10.8. The molecule has 1 aromatic rings. The van der Waals surface area contributed by atoms with Crippen molar-refractivity contribution in [2.24, 2.45) is 5.92 Å². The largest absolute Gasteiger partial charge is 0.343 e. The Bertz CT molecular complexity index is 758. The molecular weight excluding hydrogens is 370 g/mol. The molecule has 1 atom stereocenters. The van der Waals surface area contributed by atoms with Crippen molar-refractivity contribution in [1.29, 1.82) is 0 Å². The van der Waals surface area contributed by atoms with E-state index in [1.165, 1.54) is 0 Å². The van der Waals surface area contributed by atoms with Gasteiger partial charge in [-0.1, -0.05) is 18.2 Å². The number of benzene rings is 1. The zero-order valence-corrected chi connectivity index (χ0v) is 17.4. The van der Waals surface area contributed by atoms with Crippen LogP contribution in [0, 0.1) is 5.92 Å². The number of anilines is 1. The zero-order chi connectivity index (χ0) is 20.4. The molecule has 0 saturated carbocycles. The Morgan fingerprint density at radius 3 is 2.62 bits per heavy atom. The average Bonchev–Trinajstić information content (AvgIpc) is 2.98. The van der Waals surface area contributed by atoms with Crippen LogP contribution in [0.3, 0.4) is 0 Å². The predicted octanol–water partition coefficient (Wildman–Crippen LogP) is 2.16. The molecule has 7 nitrogen and oxygen atoms in total. The second-order valence-corrected chi connectivity index (χ2v) is 7.99. The highest BCUT2D eigenvalue weighted by atomic mass is 16.7. The standard InChI is InChI=1S/C22H31N3O4/c1-3-24(4-2)20(26)17-9-7-12-23(15-17)16-25-19-11-6-5-10-18(19)22(21(25)27)28-13-8-14-29-22/h5-6,10-11,17H,3-4,7-9,12-16H2,1-2H3. The second-order valence-electron chi connectivity index (χ2n) is 7.99. The van der Waals surface area contributed by atoms with Gasteiger partial charge in [0.1, 0.15) is 0 Å². The molecule has 0 N–H and O–H groups in total. The summed E-state index contributed by atoms with van der Waals surface area (Å²) >= 11 is 0. The van der Waals surface area contributed by atoms with Gasteiger partial charge < -0.3 is 14.4 Å². The van der Waals surface area contributed by atoms with Gasteiger partial charge in [-0.05, 0) is 45.7 Å². The predicted molar refractivity (Wildman–Crippen MR) is 109 cm³/mol. The number of fused-ring (bicyclic) bond motifs is 2. The highest BCUT2D eigenvalue weighted by molar-refractivity contribution is 6.06. The van der Waals surface area contributed by atoms with Crippen LogP contribution < -0.4 is 4.90 Å². The lowest BCUT2D eigenvalue weighted by Crippen LogP contribution is -2.52. The van der Waals surface area contributed by atoms with Crippen molar-refractivity contribution in [3.63, 3.8) is 0 Å². The number of piperidine rings is 1. The summed E-state index contributed by atoms with van der Waals surface area (Å²) in [6.45, 7) is 8.54. The molecule has 0 aliphatic carbocycles. The summed E-state index contributed by atoms with van der Waals surface area (Å²) in [7, 11) is 0. The topological polar surface area (TPSA) is 62.3 Å². The Kier molecular flexibility index (Phi) is 5.90. The first-order chi connectivity index (χ1) is 14.1. The summed E-state index contributed by atoms with van der Waals surface area (Å²) in [6, 6.07) is 7.72. The van der Waals surface area contributed by atoms with Gasteiger partial charge >= 0.3 is 0 Å². The van der Waals surface area contributed by atoms with Crippen LogP contribution in [0.15, 0.2) is 24.3 Å². The normalized spacial score (nSPS) is 24.0. The Labute approximate surface area is 172 Å². The number of nitrogens with zero attached hydrogens (tertiary/aromatic N) is 3. The maximum atomic E-state index is 13.4. The van der Waals surface area contributed by atoms with E-state index >= 15 is 0 Å². The molecule has 7 heteroatoms. The minimum Gasteiger partial charge on any atom is -0.343 e. The summed E-state index contributed by atoms with van der Waals surface area (Å²) in [5, 5.41) is 0. The quantitative estimate of drug-likeness (QED) is 0.757. The third-order valence-corrected chi connectivity index (χ3v) is 6.25. The van der Waals surface area contributed by atoms with Crippen molar-refractivity contribution < 1.29 is 19.1 Å². The van der Waals surface area contributed by atoms with Crippen LogP contribution in [0.4, 0.5) is 5.69 Å². The summed E-state index contributed by atoms with van der Waals surface area (Å²) < 4.78 is 11.8. The first-order valence-electron chi connectivity index (χ1n) is 10.8. The number of likely N-dealkylation sites (tertiary alicyclic amines) is 1. The fraction of sp³-hybridized carbons (Fsp3) is 0.636. The van der Waals surface area contributed by atoms with E-state index in [1.807, 2.05) is 43.0 Å². The van der Waals surface area contributed by atoms with Crippen molar-refractivity contribution in [2.45, 2.75) is 38.9 Å². The molecule has 158 valence electrons. The molecule has 2 saturated heterocycles. The van der Waals surface area contributed by atoms with Gasteiger partial charge in [0.25, 0.3) is 11.7 Å². The van der Waals surface area contributed by atoms with Crippen LogP contribution in [0.5, 0.6) is 0 Å². The minimum atomic E-state index is -1.30. The average molecular weight is 402 g/mol. The third-order valence-electron chi connectivity index (χ3n) is 6.25. The molecule has 1 unspecified atom stereocenters. The van der Waals surface area contributed by atoms with Crippen molar-refractivity contribution >= 4 is 17.5 Å². The van der Waals surface area contributed by atoms with Crippen molar-refractivity contribution in [3.05, 3.63) is 29.8 Å². The molecule has 0 radical (unpaired) electrons. The van der Waals surface area contributed by atoms with Gasteiger partial charge in [-0.3, -0.25) is 19.4 Å². The lowest BCUT2D eigenvalue weighted by Gasteiger charge is -2.37. The highest BCUT2D eigenvalue weighted by Crippen LogP contribution is 2.45. The molecule has 0 aromatic heterocycles. The van der Waals surface area contributed by atoms with E-state index in [1.54, 1.807) is 4.90 Å². The number of ether oxygens (including phenoxy) is 2. The second kappa shape index (κ2) is 8.42. The van der Waals surface area contributed by atoms with Crippen LogP contribution in [-0.4, -0.2) is 67.7 Å². The van der Waals surface area contributed by atoms with Gasteiger partial charge in [0.15, 0.2) is 0 Å². The number of carbonyl (C=O) groups excluding carboxylic acids is 2. The minimum absolute atomic E-state index is 0.00672. The molecule has 2 fully saturated rings. The van der Waals surface area contributed by atoms with Crippen molar-refractivity contribution in [2.75, 3.05) is 51.0 Å². The molecule has 4 rings (SSSR count). The number of hydrogen-bond donors (Lipinski definition) is 0. The van der Waals surface area contributed by atoms with Gasteiger partial charge in [-0.25, -0.2) is 0 Å². The Morgan fingerprint density at radius 2 is 1.90 bits per heavy atom. The van der Waals surface area contributed by atoms with Crippen LogP contribution >= 0.6 is 0 Å². The number of para-hydroxylation sites is 1. The molecule has 29 heavy (non-hydrogen) atoms. The van der Waals surface area contributed by atoms with Gasteiger partial charge in [-0.2, -0.15) is 0 Å². The fourth-order valence-electron chi connectivity index (χ4n) is 4.72. The number of rotatable bonds is 5.